The van der Waals surface area contributed by atoms with Crippen LogP contribution in [0.4, 0.5) is 5.69 Å². The second-order valence-electron chi connectivity index (χ2n) is 3.96. The van der Waals surface area contributed by atoms with Gasteiger partial charge in [-0.05, 0) is 18.2 Å². The Morgan fingerprint density at radius 2 is 2.10 bits per heavy atom. The van der Waals surface area contributed by atoms with E-state index < -0.39 is 16.0 Å². The van der Waals surface area contributed by atoms with Gasteiger partial charge in [0.1, 0.15) is 4.90 Å². The van der Waals surface area contributed by atoms with E-state index in [1.165, 1.54) is 25.3 Å². The van der Waals surface area contributed by atoms with Crippen molar-refractivity contribution in [1.29, 1.82) is 0 Å². The summed E-state index contributed by atoms with van der Waals surface area (Å²) >= 11 is 0. The predicted octanol–water partition coefficient (Wildman–Crippen LogP) is 0.0583. The summed E-state index contributed by atoms with van der Waals surface area (Å²) in [6.45, 7) is 1.57. The van der Waals surface area contributed by atoms with E-state index in [2.05, 4.69) is 4.74 Å². The van der Waals surface area contributed by atoms with Gasteiger partial charge in [0.2, 0.25) is 10.0 Å². The van der Waals surface area contributed by atoms with Gasteiger partial charge in [0.15, 0.2) is 0 Å². The number of nitrogen functional groups attached to an aromatic ring is 1. The number of nitrogens with zero attached hydrogens (tertiary/aromatic N) is 1. The van der Waals surface area contributed by atoms with Crippen molar-refractivity contribution in [3.8, 4) is 0 Å². The topological polar surface area (TPSA) is 110 Å². The number of hydrogen-bond acceptors (Lipinski definition) is 6. The van der Waals surface area contributed by atoms with Gasteiger partial charge in [-0.25, -0.2) is 13.2 Å². The van der Waals surface area contributed by atoms with Crippen LogP contribution in [0.3, 0.4) is 0 Å². The zero-order valence-electron chi connectivity index (χ0n) is 11.4. The number of rotatable bonds is 6. The normalized spacial score (nSPS) is 11.6. The molecule has 3 N–H and O–H groups in total. The summed E-state index contributed by atoms with van der Waals surface area (Å²) in [5.74, 6) is -0.594. The molecule has 0 unspecified atom stereocenters. The van der Waals surface area contributed by atoms with E-state index in [0.29, 0.717) is 0 Å². The summed E-state index contributed by atoms with van der Waals surface area (Å²) < 4.78 is 30.3. The highest BCUT2D eigenvalue weighted by atomic mass is 32.2. The molecule has 8 heteroatoms. The summed E-state index contributed by atoms with van der Waals surface area (Å²) in [7, 11) is -2.57. The summed E-state index contributed by atoms with van der Waals surface area (Å²) in [6, 6.07) is 3.85. The number of sulfonamides is 1. The fourth-order valence-electron chi connectivity index (χ4n) is 1.73. The van der Waals surface area contributed by atoms with Gasteiger partial charge < -0.3 is 15.6 Å². The van der Waals surface area contributed by atoms with E-state index in [1.54, 1.807) is 6.92 Å². The molecule has 1 rings (SSSR count). The maximum Gasteiger partial charge on any atom is 0.337 e. The number of nitrogens with two attached hydrogens (primary N) is 1. The number of aliphatic hydroxyl groups is 1. The Kier molecular flexibility index (Phi) is 5.49. The summed E-state index contributed by atoms with van der Waals surface area (Å²) in [4.78, 5) is 11.3. The van der Waals surface area contributed by atoms with E-state index in [9.17, 15) is 13.2 Å². The van der Waals surface area contributed by atoms with E-state index in [-0.39, 0.29) is 35.8 Å². The molecule has 1 aromatic rings. The number of aliphatic hydroxyl groups excluding tert-OH is 1. The average Bonchev–Trinajstić information content (AvgIpc) is 2.43. The number of methoxy groups -OCH3 is 1. The molecule has 0 radical (unpaired) electrons. The molecular formula is C12H18N2O5S. The zero-order chi connectivity index (χ0) is 15.3. The lowest BCUT2D eigenvalue weighted by Crippen LogP contribution is -2.33. The fraction of sp³-hybridized carbons (Fsp3) is 0.417. The highest BCUT2D eigenvalue weighted by Gasteiger charge is 2.25. The standard InChI is InChI=1S/C12H18N2O5S/c1-3-14(6-7-15)20(17,18)11-5-4-9(8-10(11)13)12(16)19-2/h4-5,8,15H,3,6-7,13H2,1-2H3. The van der Waals surface area contributed by atoms with Crippen molar-refractivity contribution in [2.45, 2.75) is 11.8 Å². The van der Waals surface area contributed by atoms with Crippen molar-refractivity contribution in [3.63, 3.8) is 0 Å². The maximum atomic E-state index is 12.3. The lowest BCUT2D eigenvalue weighted by molar-refractivity contribution is 0.0600. The second-order valence-corrected chi connectivity index (χ2v) is 5.87. The zero-order valence-corrected chi connectivity index (χ0v) is 12.2. The predicted molar refractivity (Wildman–Crippen MR) is 73.7 cm³/mol. The Morgan fingerprint density at radius 3 is 2.55 bits per heavy atom. The van der Waals surface area contributed by atoms with Gasteiger partial charge >= 0.3 is 5.97 Å². The van der Waals surface area contributed by atoms with Gasteiger partial charge in [-0.2, -0.15) is 4.31 Å². The van der Waals surface area contributed by atoms with E-state index in [4.69, 9.17) is 10.8 Å². The van der Waals surface area contributed by atoms with Crippen molar-refractivity contribution < 1.29 is 23.1 Å². The van der Waals surface area contributed by atoms with E-state index >= 15 is 0 Å². The molecule has 0 heterocycles. The third-order valence-electron chi connectivity index (χ3n) is 2.75. The van der Waals surface area contributed by atoms with Crippen LogP contribution in [0.5, 0.6) is 0 Å². The van der Waals surface area contributed by atoms with Crippen LogP contribution in [0.2, 0.25) is 0 Å². The average molecular weight is 302 g/mol. The van der Waals surface area contributed by atoms with Crippen LogP contribution in [0, 0.1) is 0 Å². The molecule has 0 amide bonds. The Hall–Kier alpha value is -1.64. The summed E-state index contributed by atoms with van der Waals surface area (Å²) in [5, 5.41) is 8.90. The molecule has 0 aromatic heterocycles. The molecule has 20 heavy (non-hydrogen) atoms. The number of esters is 1. The van der Waals surface area contributed by atoms with Gasteiger partial charge in [0.05, 0.1) is 25.0 Å². The second kappa shape index (κ2) is 6.69. The first-order chi connectivity index (χ1) is 9.38. The minimum Gasteiger partial charge on any atom is -0.465 e. The van der Waals surface area contributed by atoms with Crippen molar-refractivity contribution in [1.82, 2.24) is 4.31 Å². The lowest BCUT2D eigenvalue weighted by atomic mass is 10.2. The first-order valence-corrected chi connectivity index (χ1v) is 7.41. The fourth-order valence-corrected chi connectivity index (χ4v) is 3.26. The van der Waals surface area contributed by atoms with Crippen molar-refractivity contribution in [2.75, 3.05) is 32.5 Å². The quantitative estimate of drug-likeness (QED) is 0.568. The van der Waals surface area contributed by atoms with E-state index in [0.717, 1.165) is 4.31 Å². The molecule has 0 aliphatic carbocycles. The minimum atomic E-state index is -3.80. The molecule has 0 bridgehead atoms. The molecule has 0 aliphatic heterocycles. The Bertz CT molecular complexity index is 586. The van der Waals surface area contributed by atoms with Crippen molar-refractivity contribution >= 4 is 21.7 Å². The van der Waals surface area contributed by atoms with Gasteiger partial charge in [0.25, 0.3) is 0 Å². The number of anilines is 1. The third-order valence-corrected chi connectivity index (χ3v) is 4.80. The van der Waals surface area contributed by atoms with Crippen molar-refractivity contribution in [3.05, 3.63) is 23.8 Å². The summed E-state index contributed by atoms with van der Waals surface area (Å²) in [5.41, 5.74) is 5.85. The highest BCUT2D eigenvalue weighted by molar-refractivity contribution is 7.89. The van der Waals surface area contributed by atoms with Gasteiger partial charge in [-0.1, -0.05) is 6.92 Å². The molecular weight excluding hydrogens is 284 g/mol. The van der Waals surface area contributed by atoms with Crippen LogP contribution < -0.4 is 5.73 Å². The number of benzene rings is 1. The summed E-state index contributed by atoms with van der Waals surface area (Å²) in [6.07, 6.45) is 0. The maximum absolute atomic E-state index is 12.3. The molecule has 0 saturated carbocycles. The van der Waals surface area contributed by atoms with Crippen LogP contribution in [0.15, 0.2) is 23.1 Å². The van der Waals surface area contributed by atoms with Gasteiger partial charge in [-0.3, -0.25) is 0 Å². The Balaban J connectivity index is 3.23. The first kappa shape index (κ1) is 16.4. The molecule has 7 nitrogen and oxygen atoms in total. The Morgan fingerprint density at radius 1 is 1.45 bits per heavy atom. The molecule has 0 atom stereocenters. The largest absolute Gasteiger partial charge is 0.465 e. The van der Waals surface area contributed by atoms with Crippen LogP contribution in [-0.2, 0) is 14.8 Å². The molecule has 1 aromatic carbocycles. The molecule has 0 aliphatic rings. The number of ether oxygens (including phenoxy) is 1. The minimum absolute atomic E-state index is 0.0168. The van der Waals surface area contributed by atoms with Crippen LogP contribution >= 0.6 is 0 Å². The van der Waals surface area contributed by atoms with Gasteiger partial charge in [-0.15, -0.1) is 0 Å². The smallest absolute Gasteiger partial charge is 0.337 e. The molecule has 112 valence electrons. The molecule has 0 saturated heterocycles. The van der Waals surface area contributed by atoms with Crippen LogP contribution in [-0.4, -0.2) is 50.6 Å². The van der Waals surface area contributed by atoms with E-state index in [1.807, 2.05) is 0 Å². The Labute approximate surface area is 118 Å². The van der Waals surface area contributed by atoms with Crippen LogP contribution in [0.1, 0.15) is 17.3 Å². The van der Waals surface area contributed by atoms with Crippen molar-refractivity contribution in [2.24, 2.45) is 0 Å². The third kappa shape index (κ3) is 3.27. The molecule has 0 fully saturated rings. The van der Waals surface area contributed by atoms with Gasteiger partial charge in [0, 0.05) is 13.1 Å². The SMILES string of the molecule is CCN(CCO)S(=O)(=O)c1ccc(C(=O)OC)cc1N. The monoisotopic (exact) mass is 302 g/mol. The highest BCUT2D eigenvalue weighted by Crippen LogP contribution is 2.23. The number of likely N-dealkylation sites (N-methyl/N-ethyl adjacent to an activating group) is 1. The van der Waals surface area contributed by atoms with Crippen LogP contribution in [0.25, 0.3) is 0 Å². The lowest BCUT2D eigenvalue weighted by Gasteiger charge is -2.20. The number of hydrogen-bond donors (Lipinski definition) is 2. The number of carbonyl (C=O) groups is 1. The molecule has 0 spiro atoms. The number of carbonyl (C=O) groups excluding carboxylic acids is 1. The first-order valence-electron chi connectivity index (χ1n) is 5.97.